The van der Waals surface area contributed by atoms with Crippen LogP contribution in [0.3, 0.4) is 0 Å². The number of thiazole rings is 1. The molecule has 2 aromatic carbocycles. The van der Waals surface area contributed by atoms with Gasteiger partial charge in [-0.2, -0.15) is 0 Å². The van der Waals surface area contributed by atoms with Gasteiger partial charge in [-0.05, 0) is 25.1 Å². The quantitative estimate of drug-likeness (QED) is 0.574. The van der Waals surface area contributed by atoms with E-state index in [-0.39, 0.29) is 16.7 Å². The summed E-state index contributed by atoms with van der Waals surface area (Å²) in [7, 11) is 0. The second kappa shape index (κ2) is 7.15. The summed E-state index contributed by atoms with van der Waals surface area (Å²) in [5.41, 5.74) is 0.832. The molecule has 0 saturated heterocycles. The van der Waals surface area contributed by atoms with Crippen LogP contribution in [0, 0.1) is 0 Å². The zero-order valence-electron chi connectivity index (χ0n) is 12.3. The Kier molecular flexibility index (Phi) is 5.15. The molecule has 0 aliphatic heterocycles. The highest BCUT2D eigenvalue weighted by Gasteiger charge is 2.19. The number of amides is 1. The van der Waals surface area contributed by atoms with Crippen molar-refractivity contribution in [3.8, 4) is 5.75 Å². The maximum absolute atomic E-state index is 12.3. The molecule has 0 unspecified atom stereocenters. The topological polar surface area (TPSA) is 51.2 Å². The summed E-state index contributed by atoms with van der Waals surface area (Å²) in [6, 6.07) is 10.6. The minimum Gasteiger partial charge on any atom is -0.479 e. The van der Waals surface area contributed by atoms with E-state index in [1.807, 2.05) is 24.3 Å². The van der Waals surface area contributed by atoms with Gasteiger partial charge in [0.05, 0.1) is 25.3 Å². The third-order valence-corrected chi connectivity index (χ3v) is 5.14. The van der Waals surface area contributed by atoms with Crippen LogP contribution in [0.25, 0.3) is 10.2 Å². The van der Waals surface area contributed by atoms with E-state index in [0.29, 0.717) is 15.2 Å². The number of carbonyl (C=O) groups excluding carboxylic acids is 1. The fourth-order valence-corrected chi connectivity index (χ4v) is 3.42. The van der Waals surface area contributed by atoms with Gasteiger partial charge in [-0.3, -0.25) is 10.1 Å². The van der Waals surface area contributed by atoms with E-state index in [1.54, 1.807) is 6.92 Å². The van der Waals surface area contributed by atoms with Gasteiger partial charge in [-0.25, -0.2) is 4.98 Å². The molecule has 3 rings (SSSR count). The average molecular weight is 402 g/mol. The number of hydrogen-bond acceptors (Lipinski definition) is 4. The van der Waals surface area contributed by atoms with Gasteiger partial charge in [0.2, 0.25) is 0 Å². The number of rotatable bonds is 4. The standard InChI is InChI=1S/C16H11Cl3N2O2S/c1-8(23-13-7-10(18)9(17)6-11(13)19)15(22)21-16-20-12-4-2-3-5-14(12)24-16/h2-8H,1H3,(H,20,21,22)/t8-/m0/s1. The first-order valence-electron chi connectivity index (χ1n) is 6.91. The lowest BCUT2D eigenvalue weighted by Crippen LogP contribution is -2.30. The van der Waals surface area contributed by atoms with Gasteiger partial charge in [-0.1, -0.05) is 58.3 Å². The molecule has 24 heavy (non-hydrogen) atoms. The second-order valence-electron chi connectivity index (χ2n) is 4.93. The molecule has 0 bridgehead atoms. The number of carbonyl (C=O) groups is 1. The molecule has 0 saturated carbocycles. The molecular weight excluding hydrogens is 391 g/mol. The molecule has 8 heteroatoms. The first-order chi connectivity index (χ1) is 11.4. The Bertz CT molecular complexity index is 880. The number of nitrogens with zero attached hydrogens (tertiary/aromatic N) is 1. The smallest absolute Gasteiger partial charge is 0.266 e. The average Bonchev–Trinajstić information content (AvgIpc) is 2.94. The van der Waals surface area contributed by atoms with Crippen molar-refractivity contribution in [1.82, 2.24) is 4.98 Å². The summed E-state index contributed by atoms with van der Waals surface area (Å²) >= 11 is 19.3. The van der Waals surface area contributed by atoms with Crippen LogP contribution in [0.5, 0.6) is 5.75 Å². The highest BCUT2D eigenvalue weighted by atomic mass is 35.5. The number of hydrogen-bond donors (Lipinski definition) is 1. The van der Waals surface area contributed by atoms with E-state index in [1.165, 1.54) is 23.5 Å². The zero-order chi connectivity index (χ0) is 17.3. The molecule has 0 spiro atoms. The summed E-state index contributed by atoms with van der Waals surface area (Å²) in [6.45, 7) is 1.61. The van der Waals surface area contributed by atoms with Gasteiger partial charge in [0.25, 0.3) is 5.91 Å². The van der Waals surface area contributed by atoms with Crippen LogP contribution in [0.2, 0.25) is 15.1 Å². The first-order valence-corrected chi connectivity index (χ1v) is 8.86. The molecule has 124 valence electrons. The number of aromatic nitrogens is 1. The molecular formula is C16H11Cl3N2O2S. The van der Waals surface area contributed by atoms with Crippen molar-refractivity contribution in [2.45, 2.75) is 13.0 Å². The van der Waals surface area contributed by atoms with Crippen LogP contribution in [-0.2, 0) is 4.79 Å². The minimum absolute atomic E-state index is 0.282. The van der Waals surface area contributed by atoms with Crippen LogP contribution in [0.15, 0.2) is 36.4 Å². The fourth-order valence-electron chi connectivity index (χ4n) is 1.97. The van der Waals surface area contributed by atoms with Gasteiger partial charge < -0.3 is 4.74 Å². The van der Waals surface area contributed by atoms with Gasteiger partial charge >= 0.3 is 0 Å². The number of para-hydroxylation sites is 1. The number of fused-ring (bicyclic) bond motifs is 1. The van der Waals surface area contributed by atoms with Crippen molar-refractivity contribution in [1.29, 1.82) is 0 Å². The van der Waals surface area contributed by atoms with Crippen LogP contribution in [-0.4, -0.2) is 17.0 Å². The Hall–Kier alpha value is -1.53. The van der Waals surface area contributed by atoms with Gasteiger partial charge in [0.15, 0.2) is 11.2 Å². The lowest BCUT2D eigenvalue weighted by atomic mass is 10.3. The zero-order valence-corrected chi connectivity index (χ0v) is 15.4. The largest absolute Gasteiger partial charge is 0.479 e. The van der Waals surface area contributed by atoms with E-state index in [2.05, 4.69) is 10.3 Å². The van der Waals surface area contributed by atoms with Gasteiger partial charge in [-0.15, -0.1) is 0 Å². The van der Waals surface area contributed by atoms with Crippen molar-refractivity contribution in [3.63, 3.8) is 0 Å². The molecule has 1 atom stereocenters. The predicted octanol–water partition coefficient (Wildman–Crippen LogP) is 5.66. The third-order valence-electron chi connectivity index (χ3n) is 3.17. The Balaban J connectivity index is 1.71. The summed E-state index contributed by atoms with van der Waals surface area (Å²) in [6.07, 6.45) is -0.785. The van der Waals surface area contributed by atoms with Crippen LogP contribution >= 0.6 is 46.1 Å². The number of benzene rings is 2. The van der Waals surface area contributed by atoms with E-state index in [4.69, 9.17) is 39.5 Å². The van der Waals surface area contributed by atoms with Crippen molar-refractivity contribution < 1.29 is 9.53 Å². The molecule has 1 amide bonds. The Morgan fingerprint density at radius 2 is 1.88 bits per heavy atom. The predicted molar refractivity (Wildman–Crippen MR) is 99.8 cm³/mol. The maximum Gasteiger partial charge on any atom is 0.266 e. The second-order valence-corrected chi connectivity index (χ2v) is 7.19. The van der Waals surface area contributed by atoms with Gasteiger partial charge in [0, 0.05) is 6.07 Å². The van der Waals surface area contributed by atoms with E-state index in [9.17, 15) is 4.79 Å². The normalized spacial score (nSPS) is 12.2. The molecule has 1 N–H and O–H groups in total. The number of nitrogens with one attached hydrogen (secondary N) is 1. The monoisotopic (exact) mass is 400 g/mol. The van der Waals surface area contributed by atoms with Crippen molar-refractivity contribution in [2.75, 3.05) is 5.32 Å². The van der Waals surface area contributed by atoms with E-state index >= 15 is 0 Å². The van der Waals surface area contributed by atoms with Crippen LogP contribution in [0.1, 0.15) is 6.92 Å². The first kappa shape index (κ1) is 17.3. The Morgan fingerprint density at radius 1 is 1.17 bits per heavy atom. The van der Waals surface area contributed by atoms with Crippen LogP contribution in [0.4, 0.5) is 5.13 Å². The molecule has 1 aromatic heterocycles. The Labute approximate surface area is 157 Å². The number of ether oxygens (including phenoxy) is 1. The molecule has 0 fully saturated rings. The van der Waals surface area contributed by atoms with E-state index in [0.717, 1.165) is 10.2 Å². The third kappa shape index (κ3) is 3.75. The SMILES string of the molecule is C[C@H](Oc1cc(Cl)c(Cl)cc1Cl)C(=O)Nc1nc2ccccc2s1. The van der Waals surface area contributed by atoms with Gasteiger partial charge in [0.1, 0.15) is 5.75 Å². The van der Waals surface area contributed by atoms with Crippen molar-refractivity contribution in [3.05, 3.63) is 51.5 Å². The fraction of sp³-hybridized carbons (Fsp3) is 0.125. The molecule has 0 radical (unpaired) electrons. The molecule has 0 aliphatic carbocycles. The van der Waals surface area contributed by atoms with Crippen molar-refractivity contribution >= 4 is 67.4 Å². The number of halogens is 3. The molecule has 3 aromatic rings. The summed E-state index contributed by atoms with van der Waals surface area (Å²) in [5.74, 6) is -0.0470. The minimum atomic E-state index is -0.785. The van der Waals surface area contributed by atoms with Crippen molar-refractivity contribution in [2.24, 2.45) is 0 Å². The molecule has 4 nitrogen and oxygen atoms in total. The molecule has 1 heterocycles. The highest BCUT2D eigenvalue weighted by Crippen LogP contribution is 2.34. The van der Waals surface area contributed by atoms with E-state index < -0.39 is 6.10 Å². The highest BCUT2D eigenvalue weighted by molar-refractivity contribution is 7.22. The lowest BCUT2D eigenvalue weighted by Gasteiger charge is -2.15. The molecule has 0 aliphatic rings. The summed E-state index contributed by atoms with van der Waals surface area (Å²) < 4.78 is 6.57. The summed E-state index contributed by atoms with van der Waals surface area (Å²) in [4.78, 5) is 16.6. The maximum atomic E-state index is 12.3. The lowest BCUT2D eigenvalue weighted by molar-refractivity contribution is -0.122. The summed E-state index contributed by atoms with van der Waals surface area (Å²) in [5, 5.41) is 4.15. The number of anilines is 1. The van der Waals surface area contributed by atoms with Crippen LogP contribution < -0.4 is 10.1 Å². The Morgan fingerprint density at radius 3 is 2.62 bits per heavy atom.